The molecule has 1 N–H and O–H groups in total. The Hall–Kier alpha value is -0.990. The van der Waals surface area contributed by atoms with E-state index >= 15 is 0 Å². The lowest BCUT2D eigenvalue weighted by atomic mass is 10.1. The molecule has 0 radical (unpaired) electrons. The first-order valence-corrected chi connectivity index (χ1v) is 7.00. The number of furan rings is 1. The summed E-state index contributed by atoms with van der Waals surface area (Å²) in [6.07, 6.45) is 2.60. The van der Waals surface area contributed by atoms with Crippen LogP contribution in [0.2, 0.25) is 5.02 Å². The fourth-order valence-corrected chi connectivity index (χ4v) is 2.89. The van der Waals surface area contributed by atoms with Crippen molar-refractivity contribution in [3.63, 3.8) is 0 Å². The quantitative estimate of drug-likeness (QED) is 0.881. The van der Waals surface area contributed by atoms with Crippen molar-refractivity contribution in [2.45, 2.75) is 32.7 Å². The Morgan fingerprint density at radius 3 is 2.83 bits per heavy atom. The van der Waals surface area contributed by atoms with Gasteiger partial charge in [-0.25, -0.2) is 0 Å². The molecular formula is C15H18ClNO. The van der Waals surface area contributed by atoms with Crippen LogP contribution < -0.4 is 5.32 Å². The molecule has 0 bridgehead atoms. The van der Waals surface area contributed by atoms with Crippen LogP contribution in [0, 0.1) is 12.8 Å². The average molecular weight is 264 g/mol. The Kier molecular flexibility index (Phi) is 3.08. The fraction of sp³-hybridized carbons (Fsp3) is 0.467. The molecule has 1 aliphatic carbocycles. The molecule has 1 aromatic heterocycles. The molecule has 2 nitrogen and oxygen atoms in total. The highest BCUT2D eigenvalue weighted by Crippen LogP contribution is 2.42. The molecule has 0 saturated heterocycles. The highest BCUT2D eigenvalue weighted by Gasteiger charge is 2.33. The summed E-state index contributed by atoms with van der Waals surface area (Å²) in [5.41, 5.74) is 2.08. The predicted molar refractivity (Wildman–Crippen MR) is 75.1 cm³/mol. The first-order chi connectivity index (χ1) is 8.69. The normalized spacial score (nSPS) is 17.3. The number of rotatable bonds is 4. The minimum Gasteiger partial charge on any atom is -0.459 e. The van der Waals surface area contributed by atoms with Crippen LogP contribution in [-0.2, 0) is 0 Å². The van der Waals surface area contributed by atoms with Gasteiger partial charge in [-0.15, -0.1) is 0 Å². The van der Waals surface area contributed by atoms with Gasteiger partial charge in [0.2, 0.25) is 0 Å². The summed E-state index contributed by atoms with van der Waals surface area (Å²) in [5, 5.41) is 5.42. The minimum atomic E-state index is 0.362. The van der Waals surface area contributed by atoms with Gasteiger partial charge in [0.15, 0.2) is 0 Å². The third-order valence-corrected chi connectivity index (χ3v) is 3.83. The molecule has 0 amide bonds. The lowest BCUT2D eigenvalue weighted by Crippen LogP contribution is -2.21. The van der Waals surface area contributed by atoms with E-state index in [1.165, 1.54) is 12.8 Å². The molecule has 1 fully saturated rings. The molecule has 96 valence electrons. The molecule has 3 heteroatoms. The molecule has 0 aliphatic heterocycles. The SMILES string of the molecule is CCNC(c1cc2cc(Cl)cc(C)c2o1)C1CC1. The molecule has 1 aromatic carbocycles. The summed E-state index contributed by atoms with van der Waals surface area (Å²) < 4.78 is 6.05. The van der Waals surface area contributed by atoms with E-state index in [2.05, 4.69) is 18.3 Å². The highest BCUT2D eigenvalue weighted by molar-refractivity contribution is 6.31. The zero-order valence-electron chi connectivity index (χ0n) is 10.8. The van der Waals surface area contributed by atoms with Gasteiger partial charge in [0.25, 0.3) is 0 Å². The molecule has 1 aliphatic rings. The van der Waals surface area contributed by atoms with Gasteiger partial charge in [-0.05, 0) is 56.0 Å². The molecule has 1 unspecified atom stereocenters. The monoisotopic (exact) mass is 263 g/mol. The third-order valence-electron chi connectivity index (χ3n) is 3.61. The van der Waals surface area contributed by atoms with Crippen molar-refractivity contribution >= 4 is 22.6 Å². The molecule has 2 aromatic rings. The summed E-state index contributed by atoms with van der Waals surface area (Å²) >= 11 is 6.09. The van der Waals surface area contributed by atoms with Crippen molar-refractivity contribution in [3.8, 4) is 0 Å². The van der Waals surface area contributed by atoms with Crippen LogP contribution in [0.25, 0.3) is 11.0 Å². The Bertz CT molecular complexity index is 571. The largest absolute Gasteiger partial charge is 0.459 e. The van der Waals surface area contributed by atoms with Gasteiger partial charge in [0.1, 0.15) is 11.3 Å². The summed E-state index contributed by atoms with van der Waals surface area (Å²) in [6, 6.07) is 6.43. The number of aryl methyl sites for hydroxylation is 1. The first kappa shape index (κ1) is 12.1. The van der Waals surface area contributed by atoms with Gasteiger partial charge in [0, 0.05) is 10.4 Å². The van der Waals surface area contributed by atoms with Crippen molar-refractivity contribution in [1.29, 1.82) is 0 Å². The Morgan fingerprint density at radius 1 is 1.39 bits per heavy atom. The van der Waals surface area contributed by atoms with Crippen LogP contribution in [-0.4, -0.2) is 6.54 Å². The van der Waals surface area contributed by atoms with Gasteiger partial charge < -0.3 is 9.73 Å². The molecule has 1 saturated carbocycles. The van der Waals surface area contributed by atoms with E-state index in [9.17, 15) is 0 Å². The number of nitrogens with one attached hydrogen (secondary N) is 1. The van der Waals surface area contributed by atoms with Gasteiger partial charge in [-0.2, -0.15) is 0 Å². The summed E-state index contributed by atoms with van der Waals surface area (Å²) in [6.45, 7) is 5.15. The highest BCUT2D eigenvalue weighted by atomic mass is 35.5. The smallest absolute Gasteiger partial charge is 0.137 e. The van der Waals surface area contributed by atoms with E-state index in [0.717, 1.165) is 39.8 Å². The van der Waals surface area contributed by atoms with Crippen LogP contribution in [0.3, 0.4) is 0 Å². The number of fused-ring (bicyclic) bond motifs is 1. The van der Waals surface area contributed by atoms with Crippen molar-refractivity contribution in [3.05, 3.63) is 34.5 Å². The van der Waals surface area contributed by atoms with E-state index in [1.54, 1.807) is 0 Å². The standard InChI is InChI=1S/C15H18ClNO/c1-3-17-14(10-4-5-10)13-8-11-7-12(16)6-9(2)15(11)18-13/h6-8,10,14,17H,3-5H2,1-2H3. The van der Waals surface area contributed by atoms with Crippen LogP contribution in [0.15, 0.2) is 22.6 Å². The van der Waals surface area contributed by atoms with E-state index < -0.39 is 0 Å². The van der Waals surface area contributed by atoms with E-state index in [4.69, 9.17) is 16.0 Å². The van der Waals surface area contributed by atoms with E-state index in [1.807, 2.05) is 19.1 Å². The number of hydrogen-bond acceptors (Lipinski definition) is 2. The second-order valence-electron chi connectivity index (χ2n) is 5.16. The Balaban J connectivity index is 2.03. The lowest BCUT2D eigenvalue weighted by molar-refractivity contribution is 0.403. The summed E-state index contributed by atoms with van der Waals surface area (Å²) in [5.74, 6) is 1.79. The summed E-state index contributed by atoms with van der Waals surface area (Å²) in [7, 11) is 0. The molecule has 3 rings (SSSR count). The molecule has 1 heterocycles. The number of benzene rings is 1. The maximum absolute atomic E-state index is 6.09. The Morgan fingerprint density at radius 2 is 2.17 bits per heavy atom. The molecule has 0 spiro atoms. The van der Waals surface area contributed by atoms with Crippen molar-refractivity contribution < 1.29 is 4.42 Å². The van der Waals surface area contributed by atoms with Crippen molar-refractivity contribution in [2.75, 3.05) is 6.54 Å². The van der Waals surface area contributed by atoms with Crippen molar-refractivity contribution in [2.24, 2.45) is 5.92 Å². The van der Waals surface area contributed by atoms with E-state index in [0.29, 0.717) is 6.04 Å². The van der Waals surface area contributed by atoms with Crippen LogP contribution in [0.1, 0.15) is 37.1 Å². The maximum Gasteiger partial charge on any atom is 0.137 e. The second kappa shape index (κ2) is 4.60. The van der Waals surface area contributed by atoms with Gasteiger partial charge in [0.05, 0.1) is 6.04 Å². The van der Waals surface area contributed by atoms with E-state index in [-0.39, 0.29) is 0 Å². The second-order valence-corrected chi connectivity index (χ2v) is 5.60. The number of halogens is 1. The predicted octanol–water partition coefficient (Wildman–Crippen LogP) is 4.46. The molecule has 1 atom stereocenters. The van der Waals surface area contributed by atoms with Gasteiger partial charge in [-0.1, -0.05) is 18.5 Å². The topological polar surface area (TPSA) is 25.2 Å². The number of hydrogen-bond donors (Lipinski definition) is 1. The first-order valence-electron chi connectivity index (χ1n) is 6.62. The lowest BCUT2D eigenvalue weighted by Gasteiger charge is -2.13. The zero-order valence-corrected chi connectivity index (χ0v) is 11.6. The zero-order chi connectivity index (χ0) is 12.7. The van der Waals surface area contributed by atoms with Crippen LogP contribution in [0.4, 0.5) is 0 Å². The van der Waals surface area contributed by atoms with Crippen molar-refractivity contribution in [1.82, 2.24) is 5.32 Å². The van der Waals surface area contributed by atoms with Gasteiger partial charge in [-0.3, -0.25) is 0 Å². The van der Waals surface area contributed by atoms with Crippen LogP contribution >= 0.6 is 11.6 Å². The molecule has 18 heavy (non-hydrogen) atoms. The third kappa shape index (κ3) is 2.15. The molecular weight excluding hydrogens is 246 g/mol. The summed E-state index contributed by atoms with van der Waals surface area (Å²) in [4.78, 5) is 0. The fourth-order valence-electron chi connectivity index (χ4n) is 2.61. The van der Waals surface area contributed by atoms with Gasteiger partial charge >= 0.3 is 0 Å². The average Bonchev–Trinajstić information content (AvgIpc) is 3.06. The Labute approximate surface area is 112 Å². The minimum absolute atomic E-state index is 0.362. The van der Waals surface area contributed by atoms with Crippen LogP contribution in [0.5, 0.6) is 0 Å². The maximum atomic E-state index is 6.09.